The molecule has 27 heavy (non-hydrogen) atoms. The maximum Gasteiger partial charge on any atom is 0.326 e. The highest BCUT2D eigenvalue weighted by atomic mass is 16.4. The van der Waals surface area contributed by atoms with Crippen molar-refractivity contribution in [3.8, 4) is 0 Å². The van der Waals surface area contributed by atoms with Crippen molar-refractivity contribution in [2.24, 2.45) is 23.3 Å². The Morgan fingerprint density at radius 1 is 0.963 bits per heavy atom. The second kappa shape index (κ2) is 12.1. The molecule has 0 bridgehead atoms. The van der Waals surface area contributed by atoms with E-state index in [1.54, 1.807) is 13.8 Å². The molecule has 0 saturated heterocycles. The van der Waals surface area contributed by atoms with Gasteiger partial charge in [-0.1, -0.05) is 27.7 Å². The van der Waals surface area contributed by atoms with E-state index in [0.717, 1.165) is 0 Å². The van der Waals surface area contributed by atoms with Gasteiger partial charge in [-0.05, 0) is 31.1 Å². The molecule has 0 aliphatic carbocycles. The minimum Gasteiger partial charge on any atom is -0.480 e. The van der Waals surface area contributed by atoms with E-state index in [-0.39, 0.29) is 24.8 Å². The Labute approximate surface area is 159 Å². The molecule has 0 spiro atoms. The fraction of sp³-hybridized carbons (Fsp3) is 0.765. The van der Waals surface area contributed by atoms with Gasteiger partial charge in [-0.3, -0.25) is 9.59 Å². The van der Waals surface area contributed by atoms with Crippen molar-refractivity contribution in [2.75, 3.05) is 6.54 Å². The normalized spacial score (nSPS) is 14.3. The molecule has 0 aromatic heterocycles. The highest BCUT2D eigenvalue weighted by molar-refractivity contribution is 5.91. The maximum absolute atomic E-state index is 12.5. The molecule has 0 aromatic rings. The number of amides is 4. The fourth-order valence-electron chi connectivity index (χ4n) is 2.32. The lowest BCUT2D eigenvalue weighted by Gasteiger charge is -2.25. The molecular formula is C17H33N5O5. The summed E-state index contributed by atoms with van der Waals surface area (Å²) in [5.74, 6) is -2.24. The van der Waals surface area contributed by atoms with Gasteiger partial charge in [-0.15, -0.1) is 0 Å². The first-order chi connectivity index (χ1) is 12.5. The van der Waals surface area contributed by atoms with Crippen LogP contribution < -0.4 is 27.4 Å². The Morgan fingerprint density at radius 3 is 1.96 bits per heavy atom. The second-order valence-corrected chi connectivity index (χ2v) is 7.29. The smallest absolute Gasteiger partial charge is 0.326 e. The van der Waals surface area contributed by atoms with E-state index in [1.807, 2.05) is 13.8 Å². The van der Waals surface area contributed by atoms with Crippen LogP contribution in [0.25, 0.3) is 0 Å². The molecule has 0 aliphatic heterocycles. The predicted molar refractivity (Wildman–Crippen MR) is 101 cm³/mol. The summed E-state index contributed by atoms with van der Waals surface area (Å²) in [4.78, 5) is 46.8. The van der Waals surface area contributed by atoms with Gasteiger partial charge in [0.05, 0.1) is 6.04 Å². The quantitative estimate of drug-likeness (QED) is 0.246. The first-order valence-corrected chi connectivity index (χ1v) is 9.08. The van der Waals surface area contributed by atoms with Gasteiger partial charge in [0.25, 0.3) is 0 Å². The molecular weight excluding hydrogens is 354 g/mol. The van der Waals surface area contributed by atoms with Crippen LogP contribution in [0, 0.1) is 11.8 Å². The van der Waals surface area contributed by atoms with Gasteiger partial charge >= 0.3 is 12.0 Å². The van der Waals surface area contributed by atoms with Gasteiger partial charge in [0, 0.05) is 6.54 Å². The predicted octanol–water partition coefficient (Wildman–Crippen LogP) is -0.481. The first-order valence-electron chi connectivity index (χ1n) is 9.08. The number of nitrogens with one attached hydrogen (secondary N) is 3. The molecule has 0 rings (SSSR count). The summed E-state index contributed by atoms with van der Waals surface area (Å²) in [6.45, 7) is 7.56. The number of urea groups is 1. The molecule has 4 amide bonds. The lowest BCUT2D eigenvalue weighted by molar-refractivity contribution is -0.142. The zero-order valence-corrected chi connectivity index (χ0v) is 16.5. The third kappa shape index (κ3) is 10.4. The topological polar surface area (TPSA) is 177 Å². The van der Waals surface area contributed by atoms with Gasteiger partial charge in [0.1, 0.15) is 12.1 Å². The summed E-state index contributed by atoms with van der Waals surface area (Å²) in [5.41, 5.74) is 10.8. The number of nitrogens with two attached hydrogens (primary N) is 2. The lowest BCUT2D eigenvalue weighted by Crippen LogP contribution is -2.55. The molecule has 0 aromatic carbocycles. The second-order valence-electron chi connectivity index (χ2n) is 7.29. The molecule has 0 radical (unpaired) electrons. The zero-order valence-electron chi connectivity index (χ0n) is 16.5. The summed E-state index contributed by atoms with van der Waals surface area (Å²) in [7, 11) is 0. The van der Waals surface area contributed by atoms with Crippen molar-refractivity contribution < 1.29 is 24.3 Å². The fourth-order valence-corrected chi connectivity index (χ4v) is 2.32. The van der Waals surface area contributed by atoms with E-state index in [0.29, 0.717) is 12.8 Å². The van der Waals surface area contributed by atoms with E-state index in [2.05, 4.69) is 16.0 Å². The number of hydrogen-bond donors (Lipinski definition) is 6. The third-order valence-electron chi connectivity index (χ3n) is 3.94. The number of primary amides is 1. The van der Waals surface area contributed by atoms with Crippen LogP contribution in [0.4, 0.5) is 4.79 Å². The van der Waals surface area contributed by atoms with E-state index >= 15 is 0 Å². The number of carboxylic acids is 1. The first kappa shape index (κ1) is 24.6. The van der Waals surface area contributed by atoms with E-state index < -0.39 is 41.9 Å². The van der Waals surface area contributed by atoms with Crippen LogP contribution in [-0.2, 0) is 14.4 Å². The molecule has 156 valence electrons. The van der Waals surface area contributed by atoms with Crippen LogP contribution in [0.15, 0.2) is 0 Å². The third-order valence-corrected chi connectivity index (χ3v) is 3.94. The van der Waals surface area contributed by atoms with E-state index in [9.17, 15) is 24.3 Å². The van der Waals surface area contributed by atoms with Crippen molar-refractivity contribution in [3.05, 3.63) is 0 Å². The molecule has 0 fully saturated rings. The maximum atomic E-state index is 12.5. The molecule has 3 atom stereocenters. The zero-order chi connectivity index (χ0) is 21.1. The van der Waals surface area contributed by atoms with Gasteiger partial charge in [0.15, 0.2) is 0 Å². The number of carbonyl (C=O) groups excluding carboxylic acids is 3. The van der Waals surface area contributed by atoms with Crippen LogP contribution in [0.3, 0.4) is 0 Å². The SMILES string of the molecule is CC(C)CC(NC(=O)C(N)C(C)C)C(=O)NC(CCCNC(N)=O)C(=O)O. The highest BCUT2D eigenvalue weighted by Gasteiger charge is 2.29. The minimum absolute atomic E-state index is 0.0966. The van der Waals surface area contributed by atoms with Gasteiger partial charge in [0.2, 0.25) is 11.8 Å². The Kier molecular flexibility index (Phi) is 11.0. The summed E-state index contributed by atoms with van der Waals surface area (Å²) < 4.78 is 0. The van der Waals surface area contributed by atoms with Crippen molar-refractivity contribution >= 4 is 23.8 Å². The summed E-state index contributed by atoms with van der Waals surface area (Å²) >= 11 is 0. The van der Waals surface area contributed by atoms with Gasteiger partial charge < -0.3 is 32.5 Å². The highest BCUT2D eigenvalue weighted by Crippen LogP contribution is 2.08. The van der Waals surface area contributed by atoms with Crippen LogP contribution >= 0.6 is 0 Å². The Morgan fingerprint density at radius 2 is 1.52 bits per heavy atom. The summed E-state index contributed by atoms with van der Waals surface area (Å²) in [6, 6.07) is -3.49. The van der Waals surface area contributed by atoms with Crippen molar-refractivity contribution in [3.63, 3.8) is 0 Å². The van der Waals surface area contributed by atoms with Gasteiger partial charge in [-0.25, -0.2) is 9.59 Å². The molecule has 10 nitrogen and oxygen atoms in total. The average Bonchev–Trinajstić information content (AvgIpc) is 2.54. The van der Waals surface area contributed by atoms with Crippen molar-refractivity contribution in [1.29, 1.82) is 0 Å². The summed E-state index contributed by atoms with van der Waals surface area (Å²) in [6.07, 6.45) is 0.771. The number of hydrogen-bond acceptors (Lipinski definition) is 5. The number of rotatable bonds is 12. The number of carbonyl (C=O) groups is 4. The Balaban J connectivity index is 4.93. The molecule has 0 aliphatic rings. The largest absolute Gasteiger partial charge is 0.480 e. The molecule has 8 N–H and O–H groups in total. The van der Waals surface area contributed by atoms with Crippen LogP contribution in [0.1, 0.15) is 47.0 Å². The molecule has 0 heterocycles. The number of carboxylic acid groups (broad SMARTS) is 1. The standard InChI is InChI=1S/C17H33N5O5/c1-9(2)8-12(22-15(24)13(18)10(3)4)14(23)21-11(16(25)26)6-5-7-20-17(19)27/h9-13H,5-8,18H2,1-4H3,(H,21,23)(H,22,24)(H,25,26)(H3,19,20,27). The van der Waals surface area contributed by atoms with Gasteiger partial charge in [-0.2, -0.15) is 0 Å². The van der Waals surface area contributed by atoms with E-state index in [1.165, 1.54) is 0 Å². The molecule has 10 heteroatoms. The van der Waals surface area contributed by atoms with Crippen molar-refractivity contribution in [2.45, 2.75) is 65.1 Å². The van der Waals surface area contributed by atoms with E-state index in [4.69, 9.17) is 11.5 Å². The Bertz CT molecular complexity index is 524. The molecule has 3 unspecified atom stereocenters. The van der Waals surface area contributed by atoms with Crippen LogP contribution in [0.2, 0.25) is 0 Å². The van der Waals surface area contributed by atoms with Crippen LogP contribution in [0.5, 0.6) is 0 Å². The van der Waals surface area contributed by atoms with Crippen molar-refractivity contribution in [1.82, 2.24) is 16.0 Å². The summed E-state index contributed by atoms with van der Waals surface area (Å²) in [5, 5.41) is 16.7. The number of aliphatic carboxylic acids is 1. The monoisotopic (exact) mass is 387 g/mol. The van der Waals surface area contributed by atoms with Crippen LogP contribution in [-0.4, -0.2) is 53.6 Å². The lowest BCUT2D eigenvalue weighted by atomic mass is 10.00. The molecule has 0 saturated carbocycles. The average molecular weight is 387 g/mol. The Hall–Kier alpha value is -2.36. The minimum atomic E-state index is -1.20.